The van der Waals surface area contributed by atoms with Crippen molar-refractivity contribution in [1.29, 1.82) is 0 Å². The van der Waals surface area contributed by atoms with Crippen molar-refractivity contribution < 1.29 is 52.5 Å². The van der Waals surface area contributed by atoms with Gasteiger partial charge < -0.3 is 38.4 Å². The number of Topliss-reactive ketones (excluding diaryl/α,β-unsaturated/α-hetero) is 3. The Labute approximate surface area is 643 Å². The van der Waals surface area contributed by atoms with Crippen molar-refractivity contribution in [1.82, 2.24) is 14.7 Å². The van der Waals surface area contributed by atoms with Crippen LogP contribution in [0.2, 0.25) is 0 Å². The van der Waals surface area contributed by atoms with Gasteiger partial charge in [0.05, 0.1) is 0 Å². The highest BCUT2D eigenvalue weighted by atomic mass is 16.5. The van der Waals surface area contributed by atoms with Gasteiger partial charge in [-0.25, -0.2) is 0 Å². The van der Waals surface area contributed by atoms with E-state index in [1.54, 1.807) is 5.57 Å². The van der Waals surface area contributed by atoms with E-state index in [2.05, 4.69) is 168 Å². The van der Waals surface area contributed by atoms with Crippen molar-refractivity contribution in [2.75, 3.05) is 78.7 Å². The molecule has 0 N–H and O–H groups in total. The number of hydrogen-bond acceptors (Lipinski definition) is 14. The summed E-state index contributed by atoms with van der Waals surface area (Å²) in [6.07, 6.45) is 21.1. The number of carbonyl (C=O) groups is 6. The molecule has 0 spiro atoms. The van der Waals surface area contributed by atoms with Crippen LogP contribution in [0.4, 0.5) is 0 Å². The molecule has 0 amide bonds. The molecule has 108 heavy (non-hydrogen) atoms. The predicted octanol–water partition coefficient (Wildman–Crippen LogP) is 18.5. The number of esters is 2. The number of benzene rings is 4. The molecule has 14 heteroatoms. The maximum absolute atomic E-state index is 13.2. The summed E-state index contributed by atoms with van der Waals surface area (Å²) in [6.45, 7) is 33.7. The molecule has 5 fully saturated rings. The Morgan fingerprint density at radius 3 is 1.54 bits per heavy atom. The molecule has 0 radical (unpaired) electrons. The van der Waals surface area contributed by atoms with Gasteiger partial charge in [-0.2, -0.15) is 0 Å². The van der Waals surface area contributed by atoms with Gasteiger partial charge in [-0.15, -0.1) is 0 Å². The minimum atomic E-state index is -0.288. The van der Waals surface area contributed by atoms with Crippen LogP contribution in [0.25, 0.3) is 5.57 Å². The van der Waals surface area contributed by atoms with E-state index in [-0.39, 0.29) is 45.8 Å². The third-order valence-corrected chi connectivity index (χ3v) is 28.2. The fourth-order valence-corrected chi connectivity index (χ4v) is 22.3. The van der Waals surface area contributed by atoms with Gasteiger partial charge in [-0.05, 0) is 298 Å². The van der Waals surface area contributed by atoms with E-state index in [9.17, 15) is 28.8 Å². The Morgan fingerprint density at radius 1 is 0.454 bits per heavy atom. The third-order valence-electron chi connectivity index (χ3n) is 28.2. The number of aryl methyl sites for hydroxylation is 1. The molecular weight excluding hydrogens is 1350 g/mol. The van der Waals surface area contributed by atoms with E-state index in [1.165, 1.54) is 75.1 Å². The molecule has 14 nitrogen and oxygen atoms in total. The highest BCUT2D eigenvalue weighted by Gasteiger charge is 2.60. The second kappa shape index (κ2) is 34.0. The largest absolute Gasteiger partial charge is 0.492 e. The molecule has 0 heterocycles. The second-order valence-corrected chi connectivity index (χ2v) is 33.6. The molecule has 4 aromatic rings. The number of ether oxygens (including phenoxy) is 5. The zero-order valence-electron chi connectivity index (χ0n) is 66.8. The average Bonchev–Trinajstić information content (AvgIpc) is 1.42. The Hall–Kier alpha value is -7.52. The predicted molar refractivity (Wildman–Crippen MR) is 426 cm³/mol. The van der Waals surface area contributed by atoms with Crippen LogP contribution in [0.15, 0.2) is 142 Å². The summed E-state index contributed by atoms with van der Waals surface area (Å²) in [5, 5.41) is 0. The maximum Gasteiger partial charge on any atom is 0.308 e. The van der Waals surface area contributed by atoms with E-state index in [0.717, 1.165) is 185 Å². The van der Waals surface area contributed by atoms with Crippen molar-refractivity contribution in [3.05, 3.63) is 170 Å². The zero-order chi connectivity index (χ0) is 76.2. The number of rotatable bonds is 23. The molecule has 578 valence electrons. The van der Waals surface area contributed by atoms with Gasteiger partial charge in [-0.3, -0.25) is 28.8 Å². The van der Waals surface area contributed by atoms with Gasteiger partial charge in [0.25, 0.3) is 0 Å². The van der Waals surface area contributed by atoms with Crippen LogP contribution in [-0.2, 0) is 39.9 Å². The molecule has 5 saturated carbocycles. The number of fused-ring (bicyclic) bond motifs is 13. The number of hydrogen-bond donors (Lipinski definition) is 0. The lowest BCUT2D eigenvalue weighted by Gasteiger charge is -2.52. The number of nitrogens with zero attached hydrogens (tertiary/aromatic N) is 3. The molecular formula is C94H121N3O11. The number of ketones is 4. The summed E-state index contributed by atoms with van der Waals surface area (Å²) in [5.41, 5.74) is 15.6. The number of likely N-dealkylation sites (N-methyl/N-ethyl adjacent to an activating group) is 3. The van der Waals surface area contributed by atoms with Gasteiger partial charge in [-0.1, -0.05) is 110 Å². The highest BCUT2D eigenvalue weighted by Crippen LogP contribution is 2.66. The monoisotopic (exact) mass is 1470 g/mol. The van der Waals surface area contributed by atoms with E-state index in [1.807, 2.05) is 12.1 Å². The van der Waals surface area contributed by atoms with Crippen LogP contribution in [0.5, 0.6) is 23.0 Å². The molecule has 15 rings (SSSR count). The molecule has 4 aromatic carbocycles. The summed E-state index contributed by atoms with van der Waals surface area (Å²) in [7, 11) is 0. The maximum atomic E-state index is 13.2. The van der Waals surface area contributed by atoms with Gasteiger partial charge in [0.1, 0.15) is 65.9 Å². The van der Waals surface area contributed by atoms with Gasteiger partial charge >= 0.3 is 11.9 Å². The standard InChI is InChI=1S/2C32H41NO4.C30H39NO3/c2*1-5-33(6-2)17-18-36-24-10-7-22(8-11-24)28-20-32(4)29(15-16-30(32)35)27-13-9-23-19-25(37-21(3)34)12-14-26(23)31(27)28;1-4-31(5-2)16-17-34-23-10-6-20(7-11-23)26-19-30(3)27(14-15-28(30)33)25-12-8-21-18-22(32)9-13-24(21)29(25)26/h7-8,10-11,19,27,29H,5-6,9,12-18,20H2,1-4H3;7-8,10-12,14,19,27-29,31H,5-6,9,13,15-18,20H2,1-4H3;6-7,10-11,18,25-27H,4-5,8-9,12-17,19H2,1-3H3/t27?,29?,32-;27?,28-,29?,31?,32+;25?,26-,27?,30+/m011/s1. The topological polar surface area (TPSA) is 158 Å². The lowest BCUT2D eigenvalue weighted by molar-refractivity contribution is -0.137. The molecule has 12 atom stereocenters. The molecule has 11 aliphatic carbocycles. The quantitative estimate of drug-likeness (QED) is 0.0510. The van der Waals surface area contributed by atoms with Crippen LogP contribution in [0.3, 0.4) is 0 Å². The third kappa shape index (κ3) is 16.2. The van der Waals surface area contributed by atoms with Crippen LogP contribution in [0, 0.1) is 51.8 Å². The minimum absolute atomic E-state index is 0.218. The molecule has 7 unspecified atom stereocenters. The van der Waals surface area contributed by atoms with Crippen molar-refractivity contribution >= 4 is 40.6 Å². The smallest absolute Gasteiger partial charge is 0.308 e. The van der Waals surface area contributed by atoms with Crippen LogP contribution >= 0.6 is 0 Å². The lowest BCUT2D eigenvalue weighted by Crippen LogP contribution is -2.46. The van der Waals surface area contributed by atoms with Gasteiger partial charge in [0.2, 0.25) is 0 Å². The number of allylic oxidation sites excluding steroid dienone is 10. The van der Waals surface area contributed by atoms with Crippen molar-refractivity contribution in [3.63, 3.8) is 0 Å². The first-order chi connectivity index (χ1) is 52.1. The summed E-state index contributed by atoms with van der Waals surface area (Å²) >= 11 is 0. The molecule has 0 bridgehead atoms. The van der Waals surface area contributed by atoms with Crippen molar-refractivity contribution in [2.45, 2.75) is 216 Å². The van der Waals surface area contributed by atoms with Gasteiger partial charge in [0, 0.05) is 87.7 Å². The highest BCUT2D eigenvalue weighted by molar-refractivity contribution is 5.94. The number of carbonyl (C=O) groups excluding carboxylic acids is 6. The molecule has 0 aromatic heterocycles. The van der Waals surface area contributed by atoms with E-state index >= 15 is 0 Å². The molecule has 11 aliphatic rings. The average molecular weight is 1470 g/mol. The first kappa shape index (κ1) is 78.6. The second-order valence-electron chi connectivity index (χ2n) is 33.6. The summed E-state index contributed by atoms with van der Waals surface area (Å²) in [4.78, 5) is 81.8. The summed E-state index contributed by atoms with van der Waals surface area (Å²) < 4.78 is 29.0. The SMILES string of the molecule is CCN(CC)CCOc1ccc(C2=C3C4=C(C=C(OC(C)=O)CC4)CCC3C3CCC(=O)[C@@]3(C)C2)cc1.CCN(CC)CCOc1ccc([C@H]2C[C@]3(C)C(=O)CCC3C3CCC4=CC(=O)CCC4=C32)cc1.CCN(CC)CCOc1ccc([C@H]2C[C@]3(C)C(=O)CCC3C3CCc4cc(OC(C)=O)ccc4C32)cc1. The van der Waals surface area contributed by atoms with Crippen molar-refractivity contribution in [3.8, 4) is 23.0 Å². The molecule has 0 aliphatic heterocycles. The fraction of sp³-hybridized carbons (Fsp3) is 0.574. The Kier molecular flexibility index (Phi) is 24.7. The zero-order valence-corrected chi connectivity index (χ0v) is 66.8. The Bertz CT molecular complexity index is 4150. The van der Waals surface area contributed by atoms with Gasteiger partial charge in [0.15, 0.2) is 5.78 Å². The first-order valence-corrected chi connectivity index (χ1v) is 41.7. The van der Waals surface area contributed by atoms with Crippen LogP contribution in [0.1, 0.15) is 237 Å². The molecule has 0 saturated heterocycles. The lowest BCUT2D eigenvalue weighted by atomic mass is 9.51. The summed E-state index contributed by atoms with van der Waals surface area (Å²) in [6, 6.07) is 32.0. The van der Waals surface area contributed by atoms with Crippen LogP contribution in [-0.4, -0.2) is 128 Å². The van der Waals surface area contributed by atoms with Crippen LogP contribution < -0.4 is 18.9 Å². The normalized spacial score (nSPS) is 28.7. The Morgan fingerprint density at radius 2 is 0.963 bits per heavy atom. The fourth-order valence-electron chi connectivity index (χ4n) is 22.3. The van der Waals surface area contributed by atoms with Crippen molar-refractivity contribution in [2.24, 2.45) is 51.8 Å². The van der Waals surface area contributed by atoms with E-state index in [0.29, 0.717) is 104 Å². The minimum Gasteiger partial charge on any atom is -0.492 e. The Balaban J connectivity index is 0.000000143. The summed E-state index contributed by atoms with van der Waals surface area (Å²) in [5.74, 6) is 8.83. The first-order valence-electron chi connectivity index (χ1n) is 41.7. The van der Waals surface area contributed by atoms with E-state index < -0.39 is 0 Å². The van der Waals surface area contributed by atoms with E-state index in [4.69, 9.17) is 23.7 Å².